The van der Waals surface area contributed by atoms with E-state index in [9.17, 15) is 4.79 Å². The van der Waals surface area contributed by atoms with E-state index in [1.807, 2.05) is 32.9 Å². The van der Waals surface area contributed by atoms with Crippen molar-refractivity contribution in [1.29, 1.82) is 0 Å². The van der Waals surface area contributed by atoms with Gasteiger partial charge in [-0.1, -0.05) is 11.2 Å². The summed E-state index contributed by atoms with van der Waals surface area (Å²) in [5.74, 6) is 1.86. The molecule has 0 bridgehead atoms. The van der Waals surface area contributed by atoms with E-state index in [-0.39, 0.29) is 18.3 Å². The summed E-state index contributed by atoms with van der Waals surface area (Å²) in [6, 6.07) is 5.48. The predicted molar refractivity (Wildman–Crippen MR) is 93.6 cm³/mol. The van der Waals surface area contributed by atoms with E-state index in [0.717, 1.165) is 28.3 Å². The molecule has 0 fully saturated rings. The lowest BCUT2D eigenvalue weighted by Crippen LogP contribution is -2.15. The molecule has 0 aliphatic heterocycles. The first-order valence-corrected chi connectivity index (χ1v) is 7.78. The number of nitrogen functional groups attached to an aromatic ring is 1. The Labute approximate surface area is 140 Å². The van der Waals surface area contributed by atoms with Crippen LogP contribution in [0.3, 0.4) is 0 Å². The number of benzene rings is 1. The number of aromatic nitrogens is 1. The zero-order chi connectivity index (χ0) is 15.4. The molecule has 0 radical (unpaired) electrons. The third-order valence-electron chi connectivity index (χ3n) is 3.20. The van der Waals surface area contributed by atoms with Gasteiger partial charge in [0.1, 0.15) is 5.76 Å². The maximum Gasteiger partial charge on any atom is 0.234 e. The molecule has 2 aromatic rings. The van der Waals surface area contributed by atoms with E-state index >= 15 is 0 Å². The lowest BCUT2D eigenvalue weighted by atomic mass is 10.2. The average Bonchev–Trinajstić information content (AvgIpc) is 2.74. The summed E-state index contributed by atoms with van der Waals surface area (Å²) in [5, 5.41) is 6.78. The van der Waals surface area contributed by atoms with Gasteiger partial charge in [0.2, 0.25) is 5.91 Å². The molecule has 3 N–H and O–H groups in total. The van der Waals surface area contributed by atoms with Gasteiger partial charge < -0.3 is 15.6 Å². The van der Waals surface area contributed by atoms with Gasteiger partial charge in [-0.2, -0.15) is 0 Å². The number of thioether (sulfide) groups is 1. The van der Waals surface area contributed by atoms with Gasteiger partial charge in [0, 0.05) is 22.7 Å². The molecule has 0 aliphatic carbocycles. The maximum absolute atomic E-state index is 12.0. The molecule has 22 heavy (non-hydrogen) atoms. The van der Waals surface area contributed by atoms with Crippen molar-refractivity contribution in [3.05, 3.63) is 40.8 Å². The van der Waals surface area contributed by atoms with Crippen LogP contribution >= 0.6 is 24.2 Å². The Morgan fingerprint density at radius 3 is 2.73 bits per heavy atom. The molecule has 1 aromatic carbocycles. The van der Waals surface area contributed by atoms with Crippen LogP contribution < -0.4 is 11.1 Å². The predicted octanol–water partition coefficient (Wildman–Crippen LogP) is 3.48. The number of anilines is 2. The van der Waals surface area contributed by atoms with Crippen molar-refractivity contribution in [1.82, 2.24) is 5.16 Å². The SMILES string of the molecule is Cc1ccc(N)cc1NC(=O)CSCc1c(C)noc1C.Cl. The van der Waals surface area contributed by atoms with E-state index in [4.69, 9.17) is 10.3 Å². The number of hydrogen-bond acceptors (Lipinski definition) is 5. The number of halogens is 1. The van der Waals surface area contributed by atoms with E-state index in [2.05, 4.69) is 10.5 Å². The van der Waals surface area contributed by atoms with Crippen molar-refractivity contribution in [3.63, 3.8) is 0 Å². The highest BCUT2D eigenvalue weighted by Crippen LogP contribution is 2.21. The smallest absolute Gasteiger partial charge is 0.234 e. The van der Waals surface area contributed by atoms with Crippen molar-refractivity contribution in [2.24, 2.45) is 0 Å². The van der Waals surface area contributed by atoms with Gasteiger partial charge in [0.25, 0.3) is 0 Å². The fourth-order valence-electron chi connectivity index (χ4n) is 1.91. The van der Waals surface area contributed by atoms with Gasteiger partial charge in [0.15, 0.2) is 0 Å². The van der Waals surface area contributed by atoms with Gasteiger partial charge in [0.05, 0.1) is 11.4 Å². The highest BCUT2D eigenvalue weighted by atomic mass is 35.5. The van der Waals surface area contributed by atoms with E-state index in [1.165, 1.54) is 11.8 Å². The van der Waals surface area contributed by atoms with Crippen molar-refractivity contribution in [3.8, 4) is 0 Å². The molecule has 120 valence electrons. The summed E-state index contributed by atoms with van der Waals surface area (Å²) in [4.78, 5) is 12.0. The molecule has 1 amide bonds. The summed E-state index contributed by atoms with van der Waals surface area (Å²) in [5.41, 5.74) is 10.1. The monoisotopic (exact) mass is 341 g/mol. The Morgan fingerprint density at radius 2 is 2.09 bits per heavy atom. The topological polar surface area (TPSA) is 81.1 Å². The van der Waals surface area contributed by atoms with Gasteiger partial charge in [-0.25, -0.2) is 0 Å². The van der Waals surface area contributed by atoms with Crippen LogP contribution in [0, 0.1) is 20.8 Å². The van der Waals surface area contributed by atoms with Crippen LogP contribution in [0.15, 0.2) is 22.7 Å². The Bertz CT molecular complexity index is 639. The number of rotatable bonds is 5. The zero-order valence-corrected chi connectivity index (χ0v) is 14.4. The van der Waals surface area contributed by atoms with Crippen molar-refractivity contribution in [2.45, 2.75) is 26.5 Å². The molecule has 0 saturated carbocycles. The number of carbonyl (C=O) groups is 1. The molecule has 1 aromatic heterocycles. The first kappa shape index (κ1) is 18.4. The lowest BCUT2D eigenvalue weighted by Gasteiger charge is -2.09. The Morgan fingerprint density at radius 1 is 1.36 bits per heavy atom. The first-order chi connectivity index (χ1) is 9.97. The van der Waals surface area contributed by atoms with E-state index in [0.29, 0.717) is 17.2 Å². The van der Waals surface area contributed by atoms with Crippen LogP contribution in [0.1, 0.15) is 22.6 Å². The number of carbonyl (C=O) groups excluding carboxylic acids is 1. The van der Waals surface area contributed by atoms with Crippen molar-refractivity contribution < 1.29 is 9.32 Å². The first-order valence-electron chi connectivity index (χ1n) is 6.63. The molecule has 0 aliphatic rings. The third-order valence-corrected chi connectivity index (χ3v) is 4.16. The van der Waals surface area contributed by atoms with Gasteiger partial charge in [-0.3, -0.25) is 4.79 Å². The van der Waals surface area contributed by atoms with E-state index < -0.39 is 0 Å². The third kappa shape index (κ3) is 4.68. The standard InChI is InChI=1S/C15H19N3O2S.ClH/c1-9-4-5-12(16)6-14(9)17-15(19)8-21-7-13-10(2)18-20-11(13)3;/h4-6H,7-8,16H2,1-3H3,(H,17,19);1H. The van der Waals surface area contributed by atoms with Crippen LogP contribution in [0.25, 0.3) is 0 Å². The Hall–Kier alpha value is -1.66. The summed E-state index contributed by atoms with van der Waals surface area (Å²) in [6.07, 6.45) is 0. The molecule has 1 heterocycles. The van der Waals surface area contributed by atoms with Crippen molar-refractivity contribution in [2.75, 3.05) is 16.8 Å². The molecule has 0 atom stereocenters. The number of nitrogens with one attached hydrogen (secondary N) is 1. The molecule has 2 rings (SSSR count). The summed E-state index contributed by atoms with van der Waals surface area (Å²) in [7, 11) is 0. The molecule has 0 saturated heterocycles. The largest absolute Gasteiger partial charge is 0.399 e. The van der Waals surface area contributed by atoms with Crippen LogP contribution in [0.4, 0.5) is 11.4 Å². The Kier molecular flexibility index (Phi) is 6.77. The summed E-state index contributed by atoms with van der Waals surface area (Å²) >= 11 is 1.53. The normalized spacial score (nSPS) is 10.1. The Balaban J connectivity index is 0.00000242. The molecular weight excluding hydrogens is 322 g/mol. The highest BCUT2D eigenvalue weighted by Gasteiger charge is 2.10. The molecule has 0 unspecified atom stereocenters. The van der Waals surface area contributed by atoms with Gasteiger partial charge >= 0.3 is 0 Å². The summed E-state index contributed by atoms with van der Waals surface area (Å²) < 4.78 is 5.10. The number of amides is 1. The van der Waals surface area contributed by atoms with Crippen molar-refractivity contribution >= 4 is 41.5 Å². The van der Waals surface area contributed by atoms with Gasteiger partial charge in [-0.15, -0.1) is 24.2 Å². The number of nitrogens with two attached hydrogens (primary N) is 1. The molecule has 7 heteroatoms. The van der Waals surface area contributed by atoms with Crippen LogP contribution in [-0.2, 0) is 10.5 Å². The second-order valence-corrected chi connectivity index (χ2v) is 5.90. The average molecular weight is 342 g/mol. The minimum Gasteiger partial charge on any atom is -0.399 e. The zero-order valence-electron chi connectivity index (χ0n) is 12.8. The van der Waals surface area contributed by atoms with Gasteiger partial charge in [-0.05, 0) is 38.5 Å². The van der Waals surface area contributed by atoms with Crippen LogP contribution in [-0.4, -0.2) is 16.8 Å². The van der Waals surface area contributed by atoms with Crippen LogP contribution in [0.5, 0.6) is 0 Å². The second kappa shape index (κ2) is 8.10. The number of nitrogens with zero attached hydrogens (tertiary/aromatic N) is 1. The summed E-state index contributed by atoms with van der Waals surface area (Å²) in [6.45, 7) is 5.72. The quantitative estimate of drug-likeness (QED) is 0.814. The molecular formula is C15H20ClN3O2S. The van der Waals surface area contributed by atoms with Crippen LogP contribution in [0.2, 0.25) is 0 Å². The second-order valence-electron chi connectivity index (χ2n) is 4.92. The maximum atomic E-state index is 12.0. The highest BCUT2D eigenvalue weighted by molar-refractivity contribution is 7.99. The lowest BCUT2D eigenvalue weighted by molar-refractivity contribution is -0.113. The fraction of sp³-hybridized carbons (Fsp3) is 0.333. The fourth-order valence-corrected chi connectivity index (χ4v) is 2.89. The van der Waals surface area contributed by atoms with E-state index in [1.54, 1.807) is 6.07 Å². The minimum atomic E-state index is -0.0412. The number of aryl methyl sites for hydroxylation is 3. The molecule has 5 nitrogen and oxygen atoms in total. The number of hydrogen-bond donors (Lipinski definition) is 2. The molecule has 0 spiro atoms. The minimum absolute atomic E-state index is 0.